The highest BCUT2D eigenvalue weighted by Crippen LogP contribution is 2.27. The smallest absolute Gasteiger partial charge is 0.264 e. The molecule has 1 fully saturated rings. The number of sulfonamides is 1. The second kappa shape index (κ2) is 13.7. The molecule has 0 aliphatic heterocycles. The monoisotopic (exact) mass is 598 g/mol. The summed E-state index contributed by atoms with van der Waals surface area (Å²) >= 11 is 1.39. The van der Waals surface area contributed by atoms with Gasteiger partial charge in [-0.3, -0.25) is 18.7 Å². The van der Waals surface area contributed by atoms with Gasteiger partial charge in [0.1, 0.15) is 5.01 Å². The lowest BCUT2D eigenvalue weighted by Gasteiger charge is -2.21. The molecule has 1 heterocycles. The van der Waals surface area contributed by atoms with E-state index in [1.165, 1.54) is 48.7 Å². The predicted octanol–water partition coefficient (Wildman–Crippen LogP) is 2.13. The zero-order valence-electron chi connectivity index (χ0n) is 22.9. The molecule has 4 N–H and O–H groups in total. The van der Waals surface area contributed by atoms with Crippen LogP contribution in [0.2, 0.25) is 0 Å². The number of carbonyl (C=O) groups excluding carboxylic acids is 3. The van der Waals surface area contributed by atoms with Gasteiger partial charge >= 0.3 is 0 Å². The van der Waals surface area contributed by atoms with E-state index >= 15 is 0 Å². The molecule has 11 nitrogen and oxygen atoms in total. The van der Waals surface area contributed by atoms with E-state index in [1.54, 1.807) is 36.7 Å². The minimum absolute atomic E-state index is 0.0773. The van der Waals surface area contributed by atoms with Crippen LogP contribution < -0.4 is 25.6 Å². The number of nitrogens with zero attached hydrogens (tertiary/aromatic N) is 2. The average molecular weight is 599 g/mol. The van der Waals surface area contributed by atoms with Gasteiger partial charge in [-0.1, -0.05) is 18.2 Å². The van der Waals surface area contributed by atoms with Crippen molar-refractivity contribution < 1.29 is 22.8 Å². The molecule has 41 heavy (non-hydrogen) atoms. The van der Waals surface area contributed by atoms with Crippen molar-refractivity contribution in [1.29, 1.82) is 0 Å². The topological polar surface area (TPSA) is 150 Å². The van der Waals surface area contributed by atoms with Gasteiger partial charge in [-0.15, -0.1) is 11.3 Å². The lowest BCUT2D eigenvalue weighted by atomic mass is 10.1. The molecule has 3 aromatic rings. The molecule has 0 unspecified atom stereocenters. The van der Waals surface area contributed by atoms with Gasteiger partial charge in [-0.2, -0.15) is 0 Å². The third kappa shape index (κ3) is 8.35. The molecule has 2 aromatic carbocycles. The number of carbonyl (C=O) groups is 3. The number of nitrogens with one attached hydrogen (secondary N) is 4. The molecular formula is C28H34N6O5S2. The summed E-state index contributed by atoms with van der Waals surface area (Å²) in [4.78, 5) is 42.5. The van der Waals surface area contributed by atoms with Gasteiger partial charge in [0, 0.05) is 49.4 Å². The summed E-state index contributed by atoms with van der Waals surface area (Å²) in [7, 11) is -2.58. The molecular weight excluding hydrogens is 564 g/mol. The molecule has 3 amide bonds. The number of aromatic nitrogens is 1. The quantitative estimate of drug-likeness (QED) is 0.208. The largest absolute Gasteiger partial charge is 0.354 e. The Hall–Kier alpha value is -3.81. The van der Waals surface area contributed by atoms with Crippen molar-refractivity contribution in [2.24, 2.45) is 5.92 Å². The van der Waals surface area contributed by atoms with Gasteiger partial charge < -0.3 is 21.3 Å². The van der Waals surface area contributed by atoms with Crippen molar-refractivity contribution in [1.82, 2.24) is 26.3 Å². The lowest BCUT2D eigenvalue weighted by Crippen LogP contribution is -2.45. The second-order valence-electron chi connectivity index (χ2n) is 9.78. The van der Waals surface area contributed by atoms with E-state index in [9.17, 15) is 22.8 Å². The van der Waals surface area contributed by atoms with Crippen LogP contribution in [-0.4, -0.2) is 63.8 Å². The fraction of sp³-hybridized carbons (Fsp3) is 0.357. The summed E-state index contributed by atoms with van der Waals surface area (Å²) in [6.45, 7) is 3.19. The van der Waals surface area contributed by atoms with E-state index in [1.807, 2.05) is 0 Å². The molecule has 4 rings (SSSR count). The van der Waals surface area contributed by atoms with E-state index in [0.29, 0.717) is 24.0 Å². The summed E-state index contributed by atoms with van der Waals surface area (Å²) in [6.07, 6.45) is 3.94. The van der Waals surface area contributed by atoms with Gasteiger partial charge in [0.05, 0.1) is 23.2 Å². The molecule has 0 radical (unpaired) electrons. The molecule has 218 valence electrons. The van der Waals surface area contributed by atoms with Gasteiger partial charge in [-0.05, 0) is 56.0 Å². The average Bonchev–Trinajstić information content (AvgIpc) is 3.67. The van der Waals surface area contributed by atoms with Crippen LogP contribution in [0.25, 0.3) is 0 Å². The van der Waals surface area contributed by atoms with Gasteiger partial charge in [0.2, 0.25) is 5.91 Å². The Balaban J connectivity index is 1.46. The highest BCUT2D eigenvalue weighted by molar-refractivity contribution is 7.92. The van der Waals surface area contributed by atoms with Crippen molar-refractivity contribution in [3.05, 3.63) is 76.2 Å². The number of benzene rings is 2. The van der Waals surface area contributed by atoms with Crippen LogP contribution in [0.3, 0.4) is 0 Å². The van der Waals surface area contributed by atoms with Crippen LogP contribution in [-0.2, 0) is 21.4 Å². The first-order valence-electron chi connectivity index (χ1n) is 13.3. The summed E-state index contributed by atoms with van der Waals surface area (Å²) in [5.41, 5.74) is 0.394. The number of hydrogen-bond acceptors (Lipinski definition) is 8. The van der Waals surface area contributed by atoms with Crippen molar-refractivity contribution in [3.63, 3.8) is 0 Å². The molecule has 1 aromatic heterocycles. The highest BCUT2D eigenvalue weighted by atomic mass is 32.2. The van der Waals surface area contributed by atoms with Gasteiger partial charge in [-0.25, -0.2) is 13.4 Å². The Morgan fingerprint density at radius 1 is 1.00 bits per heavy atom. The number of anilines is 1. The molecule has 1 aliphatic rings. The van der Waals surface area contributed by atoms with Crippen LogP contribution in [0.1, 0.15) is 45.5 Å². The Morgan fingerprint density at radius 3 is 2.32 bits per heavy atom. The van der Waals surface area contributed by atoms with Crippen molar-refractivity contribution in [3.8, 4) is 0 Å². The molecule has 0 bridgehead atoms. The standard InChI is InChI=1S/C28H34N6O5S2/c1-19(26(35)32-17-20-8-9-20)29-10-11-31-27(36)21-14-22(28(37)33-18-25-30-12-13-40-25)16-23(15-21)34(2)41(38,39)24-6-4-3-5-7-24/h3-7,12-16,19-20,29H,8-11,17-18H2,1-2H3,(H,31,36)(H,32,35)(H,33,37)/t19-/m0/s1. The number of amides is 3. The molecule has 1 aliphatic carbocycles. The molecule has 1 atom stereocenters. The maximum absolute atomic E-state index is 13.3. The van der Waals surface area contributed by atoms with E-state index in [0.717, 1.165) is 17.1 Å². The first kappa shape index (κ1) is 30.2. The first-order valence-corrected chi connectivity index (χ1v) is 15.6. The fourth-order valence-corrected chi connectivity index (χ4v) is 5.68. The fourth-order valence-electron chi connectivity index (χ4n) is 3.92. The lowest BCUT2D eigenvalue weighted by molar-refractivity contribution is -0.122. The molecule has 1 saturated carbocycles. The zero-order chi connectivity index (χ0) is 29.4. The van der Waals surface area contributed by atoms with Crippen molar-refractivity contribution in [2.75, 3.05) is 31.0 Å². The highest BCUT2D eigenvalue weighted by Gasteiger charge is 2.24. The summed E-state index contributed by atoms with van der Waals surface area (Å²) in [6, 6.07) is 11.8. The van der Waals surface area contributed by atoms with Gasteiger partial charge in [0.25, 0.3) is 21.8 Å². The first-order chi connectivity index (χ1) is 19.6. The Morgan fingerprint density at radius 2 is 1.68 bits per heavy atom. The molecule has 0 spiro atoms. The van der Waals surface area contributed by atoms with Crippen LogP contribution in [0.4, 0.5) is 5.69 Å². The summed E-state index contributed by atoms with van der Waals surface area (Å²) in [5, 5.41) is 14.0. The minimum Gasteiger partial charge on any atom is -0.354 e. The number of hydrogen-bond donors (Lipinski definition) is 4. The second-order valence-corrected chi connectivity index (χ2v) is 12.7. The maximum atomic E-state index is 13.3. The number of rotatable bonds is 14. The summed E-state index contributed by atoms with van der Waals surface area (Å²) in [5.74, 6) is -0.470. The Labute approximate surface area is 243 Å². The Kier molecular flexibility index (Phi) is 10.1. The maximum Gasteiger partial charge on any atom is 0.264 e. The van der Waals surface area contributed by atoms with E-state index in [-0.39, 0.29) is 40.7 Å². The minimum atomic E-state index is -3.96. The van der Waals surface area contributed by atoms with E-state index < -0.39 is 27.9 Å². The third-order valence-corrected chi connectivity index (χ3v) is 9.19. The SMILES string of the molecule is C[C@H](NCCNC(=O)c1cc(C(=O)NCc2nccs2)cc(N(C)S(=O)(=O)c2ccccc2)c1)C(=O)NCC1CC1. The Bertz CT molecular complexity index is 1460. The van der Waals surface area contributed by atoms with Crippen LogP contribution in [0, 0.1) is 5.92 Å². The van der Waals surface area contributed by atoms with E-state index in [2.05, 4.69) is 26.3 Å². The van der Waals surface area contributed by atoms with Crippen molar-refractivity contribution in [2.45, 2.75) is 37.2 Å². The van der Waals surface area contributed by atoms with E-state index in [4.69, 9.17) is 0 Å². The zero-order valence-corrected chi connectivity index (χ0v) is 24.6. The van der Waals surface area contributed by atoms with Crippen LogP contribution >= 0.6 is 11.3 Å². The third-order valence-electron chi connectivity index (χ3n) is 6.61. The summed E-state index contributed by atoms with van der Waals surface area (Å²) < 4.78 is 27.6. The molecule has 13 heteroatoms. The van der Waals surface area contributed by atoms with Crippen LogP contribution in [0.5, 0.6) is 0 Å². The normalized spacial score (nSPS) is 13.7. The molecule has 0 saturated heterocycles. The number of thiazole rings is 1. The predicted molar refractivity (Wildman–Crippen MR) is 157 cm³/mol. The van der Waals surface area contributed by atoms with Crippen LogP contribution in [0.15, 0.2) is 65.0 Å². The van der Waals surface area contributed by atoms with Gasteiger partial charge in [0.15, 0.2) is 0 Å². The van der Waals surface area contributed by atoms with Crippen molar-refractivity contribution >= 4 is 44.8 Å².